The fourth-order valence-corrected chi connectivity index (χ4v) is 2.48. The Morgan fingerprint density at radius 3 is 1.78 bits per heavy atom. The maximum atomic E-state index is 12.8. The van der Waals surface area contributed by atoms with Gasteiger partial charge in [0.1, 0.15) is 12.1 Å². The molecule has 0 unspecified atom stereocenters. The molecule has 0 aliphatic rings. The van der Waals surface area contributed by atoms with E-state index in [1.807, 2.05) is 0 Å². The van der Waals surface area contributed by atoms with E-state index in [-0.39, 0.29) is 12.8 Å². The molecule has 0 fully saturated rings. The van der Waals surface area contributed by atoms with Gasteiger partial charge in [-0.25, -0.2) is 0 Å². The standard InChI is InChI=1S/C15H23Cl6N3O3/c1-7(14(16,17)18)5-10(13(27)24(4)9(3)12(22)26)23-11(25)6-8(2)15(19,20)21/h7-10H,5-6H2,1-4H3,(H2,22,26)(H,23,25)/t7-,8+,9+,10+/m1/s1. The van der Waals surface area contributed by atoms with E-state index >= 15 is 0 Å². The molecule has 0 aromatic heterocycles. The molecule has 12 heteroatoms. The molecule has 0 aliphatic carbocycles. The third-order valence-corrected chi connectivity index (χ3v) is 6.41. The number of alkyl halides is 6. The summed E-state index contributed by atoms with van der Waals surface area (Å²) in [6, 6.07) is -1.95. The summed E-state index contributed by atoms with van der Waals surface area (Å²) < 4.78 is -3.29. The van der Waals surface area contributed by atoms with E-state index in [2.05, 4.69) is 5.32 Å². The lowest BCUT2D eigenvalue weighted by atomic mass is 10.0. The highest BCUT2D eigenvalue weighted by molar-refractivity contribution is 6.68. The van der Waals surface area contributed by atoms with Crippen LogP contribution in [-0.4, -0.2) is 49.3 Å². The van der Waals surface area contributed by atoms with Gasteiger partial charge in [0.05, 0.1) is 0 Å². The number of hydrogen-bond donors (Lipinski definition) is 2. The minimum absolute atomic E-state index is 0.0129. The van der Waals surface area contributed by atoms with E-state index in [0.717, 1.165) is 4.90 Å². The zero-order chi connectivity index (χ0) is 21.7. The highest BCUT2D eigenvalue weighted by Crippen LogP contribution is 2.38. The Hall–Kier alpha value is 0.150. The van der Waals surface area contributed by atoms with Crippen LogP contribution in [-0.2, 0) is 14.4 Å². The third kappa shape index (κ3) is 9.46. The average molecular weight is 506 g/mol. The van der Waals surface area contributed by atoms with Gasteiger partial charge in [0.15, 0.2) is 7.59 Å². The third-order valence-electron chi connectivity index (χ3n) is 4.17. The van der Waals surface area contributed by atoms with E-state index < -0.39 is 49.2 Å². The van der Waals surface area contributed by atoms with Crippen LogP contribution in [0.2, 0.25) is 0 Å². The van der Waals surface area contributed by atoms with Crippen LogP contribution < -0.4 is 11.1 Å². The molecule has 0 saturated heterocycles. The van der Waals surface area contributed by atoms with Gasteiger partial charge in [-0.3, -0.25) is 14.4 Å². The number of rotatable bonds is 8. The second-order valence-corrected chi connectivity index (χ2v) is 11.2. The molecule has 3 amide bonds. The monoisotopic (exact) mass is 503 g/mol. The molecule has 0 bridgehead atoms. The van der Waals surface area contributed by atoms with Crippen LogP contribution in [0.25, 0.3) is 0 Å². The first kappa shape index (κ1) is 27.1. The smallest absolute Gasteiger partial charge is 0.245 e. The van der Waals surface area contributed by atoms with Crippen molar-refractivity contribution in [1.29, 1.82) is 0 Å². The summed E-state index contributed by atoms with van der Waals surface area (Å²) >= 11 is 34.9. The number of primary amides is 1. The molecule has 158 valence electrons. The van der Waals surface area contributed by atoms with E-state index in [9.17, 15) is 14.4 Å². The quantitative estimate of drug-likeness (QED) is 0.494. The zero-order valence-electron chi connectivity index (χ0n) is 15.2. The number of amides is 3. The van der Waals surface area contributed by atoms with Crippen molar-refractivity contribution in [1.82, 2.24) is 10.2 Å². The first-order valence-corrected chi connectivity index (χ1v) is 10.2. The molecule has 3 N–H and O–H groups in total. The van der Waals surface area contributed by atoms with Crippen molar-refractivity contribution in [3.05, 3.63) is 0 Å². The van der Waals surface area contributed by atoms with Gasteiger partial charge < -0.3 is 16.0 Å². The minimum atomic E-state index is -1.65. The highest BCUT2D eigenvalue weighted by Gasteiger charge is 2.37. The van der Waals surface area contributed by atoms with E-state index in [1.54, 1.807) is 13.8 Å². The average Bonchev–Trinajstić information content (AvgIpc) is 2.49. The Kier molecular flexibility index (Phi) is 10.9. The van der Waals surface area contributed by atoms with Gasteiger partial charge >= 0.3 is 0 Å². The molecule has 6 nitrogen and oxygen atoms in total. The number of carbonyl (C=O) groups is 3. The maximum absolute atomic E-state index is 12.8. The summed E-state index contributed by atoms with van der Waals surface area (Å²) in [5.74, 6) is -2.97. The number of nitrogens with zero attached hydrogens (tertiary/aromatic N) is 1. The van der Waals surface area contributed by atoms with Crippen molar-refractivity contribution in [2.45, 2.75) is 53.3 Å². The number of hydrogen-bond acceptors (Lipinski definition) is 3. The van der Waals surface area contributed by atoms with E-state index in [0.29, 0.717) is 0 Å². The maximum Gasteiger partial charge on any atom is 0.245 e. The number of nitrogens with one attached hydrogen (secondary N) is 1. The lowest BCUT2D eigenvalue weighted by Gasteiger charge is -2.31. The van der Waals surface area contributed by atoms with Crippen LogP contribution in [0, 0.1) is 11.8 Å². The van der Waals surface area contributed by atoms with Gasteiger partial charge in [0, 0.05) is 25.3 Å². The Balaban J connectivity index is 5.39. The van der Waals surface area contributed by atoms with Gasteiger partial charge in [-0.05, 0) is 13.3 Å². The van der Waals surface area contributed by atoms with Gasteiger partial charge in [-0.1, -0.05) is 83.5 Å². The van der Waals surface area contributed by atoms with Crippen LogP contribution in [0.5, 0.6) is 0 Å². The molecule has 0 spiro atoms. The molecule has 0 saturated carbocycles. The zero-order valence-corrected chi connectivity index (χ0v) is 19.8. The SMILES string of the molecule is C[C@H](C[C@H](NC(=O)C[C@H](C)C(Cl)(Cl)Cl)C(=O)N(C)[C@@H](C)C(N)=O)C(Cl)(Cl)Cl. The molecule has 0 rings (SSSR count). The van der Waals surface area contributed by atoms with Crippen LogP contribution in [0.3, 0.4) is 0 Å². The summed E-state index contributed by atoms with van der Waals surface area (Å²) in [4.78, 5) is 37.6. The lowest BCUT2D eigenvalue weighted by molar-refractivity contribution is -0.140. The Labute approximate surface area is 189 Å². The van der Waals surface area contributed by atoms with E-state index in [1.165, 1.54) is 14.0 Å². The molecule has 0 radical (unpaired) electrons. The predicted octanol–water partition coefficient (Wildman–Crippen LogP) is 3.60. The van der Waals surface area contributed by atoms with Gasteiger partial charge in [-0.2, -0.15) is 0 Å². The highest BCUT2D eigenvalue weighted by atomic mass is 35.6. The molecule has 0 aromatic rings. The normalized spacial score (nSPS) is 16.8. The number of halogens is 6. The van der Waals surface area contributed by atoms with Crippen molar-refractivity contribution >= 4 is 87.3 Å². The summed E-state index contributed by atoms with van der Waals surface area (Å²) in [7, 11) is 1.39. The number of carbonyl (C=O) groups excluding carboxylic acids is 3. The second kappa shape index (κ2) is 10.8. The van der Waals surface area contributed by atoms with Gasteiger partial charge in [0.2, 0.25) is 17.7 Å². The summed E-state index contributed by atoms with van der Waals surface area (Å²) in [6.07, 6.45) is -0.128. The molecule has 0 aromatic carbocycles. The first-order chi connectivity index (χ1) is 12.0. The molecular weight excluding hydrogens is 483 g/mol. The van der Waals surface area contributed by atoms with Crippen molar-refractivity contribution in [2.75, 3.05) is 7.05 Å². The topological polar surface area (TPSA) is 92.5 Å². The van der Waals surface area contributed by atoms with Crippen molar-refractivity contribution in [2.24, 2.45) is 17.6 Å². The van der Waals surface area contributed by atoms with Crippen molar-refractivity contribution in [3.8, 4) is 0 Å². The summed E-state index contributed by atoms with van der Waals surface area (Å²) in [6.45, 7) is 4.65. The fraction of sp³-hybridized carbons (Fsp3) is 0.800. The Morgan fingerprint density at radius 1 is 0.963 bits per heavy atom. The van der Waals surface area contributed by atoms with Gasteiger partial charge in [-0.15, -0.1) is 0 Å². The molecule has 0 heterocycles. The molecular formula is C15H23Cl6N3O3. The fourth-order valence-electron chi connectivity index (χ4n) is 1.98. The number of likely N-dealkylation sites (N-methyl/N-ethyl adjacent to an activating group) is 1. The minimum Gasteiger partial charge on any atom is -0.368 e. The van der Waals surface area contributed by atoms with Crippen molar-refractivity contribution < 1.29 is 14.4 Å². The van der Waals surface area contributed by atoms with Crippen LogP contribution in [0.4, 0.5) is 0 Å². The lowest BCUT2D eigenvalue weighted by Crippen LogP contribution is -2.53. The first-order valence-electron chi connectivity index (χ1n) is 7.97. The predicted molar refractivity (Wildman–Crippen MR) is 111 cm³/mol. The Morgan fingerprint density at radius 2 is 1.41 bits per heavy atom. The van der Waals surface area contributed by atoms with Crippen LogP contribution in [0.1, 0.15) is 33.6 Å². The Bertz CT molecular complexity index is 550. The van der Waals surface area contributed by atoms with Gasteiger partial charge in [0.25, 0.3) is 0 Å². The van der Waals surface area contributed by atoms with E-state index in [4.69, 9.17) is 75.3 Å². The van der Waals surface area contributed by atoms with Crippen LogP contribution in [0.15, 0.2) is 0 Å². The second-order valence-electron chi connectivity index (χ2n) is 6.47. The summed E-state index contributed by atoms with van der Waals surface area (Å²) in [5.41, 5.74) is 5.23. The van der Waals surface area contributed by atoms with Crippen LogP contribution >= 0.6 is 69.6 Å². The summed E-state index contributed by atoms with van der Waals surface area (Å²) in [5, 5.41) is 2.56. The molecule has 4 atom stereocenters. The van der Waals surface area contributed by atoms with Crippen molar-refractivity contribution in [3.63, 3.8) is 0 Å². The molecule has 27 heavy (non-hydrogen) atoms. The number of nitrogens with two attached hydrogens (primary N) is 1. The molecule has 0 aliphatic heterocycles. The largest absolute Gasteiger partial charge is 0.368 e.